The van der Waals surface area contributed by atoms with E-state index < -0.39 is 81.4 Å². The molecule has 5 heterocycles. The zero-order chi connectivity index (χ0) is 38.5. The molecule has 280 valence electrons. The number of carbonyl (C=O) groups is 4. The van der Waals surface area contributed by atoms with Gasteiger partial charge >= 0.3 is 23.8 Å². The first kappa shape index (κ1) is 37.2. The Hall–Kier alpha value is -5.56. The number of allylic oxidation sites excluding steroid dienone is 1. The molecule has 0 aliphatic carbocycles. The number of nitrogens with zero attached hydrogens (tertiary/aromatic N) is 4. The molecular weight excluding hydrogens is 789 g/mol. The van der Waals surface area contributed by atoms with Gasteiger partial charge in [-0.1, -0.05) is 0 Å². The molecule has 20 nitrogen and oxygen atoms in total. The van der Waals surface area contributed by atoms with Crippen molar-refractivity contribution in [3.8, 4) is 17.2 Å². The van der Waals surface area contributed by atoms with Crippen LogP contribution < -0.4 is 39.4 Å². The van der Waals surface area contributed by atoms with E-state index in [1.54, 1.807) is 24.0 Å². The van der Waals surface area contributed by atoms with Crippen LogP contribution in [0, 0.1) is 9.20 Å². The second kappa shape index (κ2) is 14.1. The predicted octanol–water partition coefficient (Wildman–Crippen LogP) is -1.16. The number of thiazole rings is 2. The summed E-state index contributed by atoms with van der Waals surface area (Å²) in [5.74, 6) is -5.51. The number of ether oxygens (including phenoxy) is 4. The first-order chi connectivity index (χ1) is 24.9. The van der Waals surface area contributed by atoms with E-state index in [2.05, 4.69) is 0 Å². The van der Waals surface area contributed by atoms with Gasteiger partial charge in [0.15, 0.2) is 17.2 Å². The normalized spacial score (nSPS) is 18.0. The van der Waals surface area contributed by atoms with Crippen molar-refractivity contribution in [3.05, 3.63) is 62.7 Å². The number of carboxylic acid groups (broad SMARTS) is 3. The number of aromatic nitrogens is 2. The molecule has 1 amide bonds. The van der Waals surface area contributed by atoms with Crippen LogP contribution in [0.2, 0.25) is 0 Å². The summed E-state index contributed by atoms with van der Waals surface area (Å²) in [6.45, 7) is -1.30. The Morgan fingerprint density at radius 1 is 0.868 bits per heavy atom. The lowest BCUT2D eigenvalue weighted by Crippen LogP contribution is -2.35. The quantitative estimate of drug-likeness (QED) is 0.131. The van der Waals surface area contributed by atoms with Crippen molar-refractivity contribution in [2.45, 2.75) is 26.4 Å². The fraction of sp³-hybridized carbons (Fsp3) is 0.276. The zero-order valence-electron chi connectivity index (χ0n) is 26.8. The summed E-state index contributed by atoms with van der Waals surface area (Å²) in [7, 11) is -4.31. The third-order valence-corrected chi connectivity index (χ3v) is 11.1. The minimum absolute atomic E-state index is 0.0138. The molecule has 4 N–H and O–H groups in total. The van der Waals surface area contributed by atoms with Crippen molar-refractivity contribution >= 4 is 91.5 Å². The molecule has 3 aliphatic heterocycles. The number of thiocarbonyl (C=S) groups is 1. The maximum atomic E-state index is 13.8. The second-order valence-electron chi connectivity index (χ2n) is 11.3. The molecule has 2 aromatic heterocycles. The molecule has 3 aromatic rings. The van der Waals surface area contributed by atoms with E-state index in [1.165, 1.54) is 6.08 Å². The predicted molar refractivity (Wildman–Crippen MR) is 185 cm³/mol. The van der Waals surface area contributed by atoms with E-state index in [-0.39, 0.29) is 49.6 Å². The van der Waals surface area contributed by atoms with E-state index in [0.29, 0.717) is 55.1 Å². The number of rotatable bonds is 11. The topological polar surface area (TPSA) is 271 Å². The molecule has 1 aromatic carbocycles. The van der Waals surface area contributed by atoms with Crippen molar-refractivity contribution in [1.29, 1.82) is 0 Å². The SMILES string of the molecule is CC(/C=c1\s/c(=c2/s/c(=C3/OC(=S)N(CC(=O)O)C3=O)n(CC(=O)O)c2=O)n(CC(=O)O)c1=O)=C1\Oc2cc3c(cc2N1CCCS(=O)(=O)O)OCO3. The van der Waals surface area contributed by atoms with Crippen molar-refractivity contribution in [3.63, 3.8) is 0 Å². The van der Waals surface area contributed by atoms with Crippen LogP contribution in [0.3, 0.4) is 0 Å². The summed E-state index contributed by atoms with van der Waals surface area (Å²) in [6.07, 6.45) is 1.30. The molecule has 0 saturated carbocycles. The first-order valence-corrected chi connectivity index (χ1v) is 18.5. The third kappa shape index (κ3) is 7.39. The van der Waals surface area contributed by atoms with Crippen LogP contribution in [0.1, 0.15) is 13.3 Å². The fourth-order valence-electron chi connectivity index (χ4n) is 5.41. The summed E-state index contributed by atoms with van der Waals surface area (Å²) < 4.78 is 54.9. The largest absolute Gasteiger partial charge is 0.480 e. The van der Waals surface area contributed by atoms with Gasteiger partial charge in [0.05, 0.1) is 16.0 Å². The number of hydrogen-bond donors (Lipinski definition) is 4. The van der Waals surface area contributed by atoms with Gasteiger partial charge in [0.25, 0.3) is 26.4 Å². The van der Waals surface area contributed by atoms with Crippen LogP contribution in [0.25, 0.3) is 11.8 Å². The van der Waals surface area contributed by atoms with Gasteiger partial charge in [-0.3, -0.25) is 47.4 Å². The average Bonchev–Trinajstić information content (AvgIpc) is 3.86. The minimum Gasteiger partial charge on any atom is -0.480 e. The van der Waals surface area contributed by atoms with Gasteiger partial charge in [-0.25, -0.2) is 0 Å². The number of carbonyl (C=O) groups excluding carboxylic acids is 1. The van der Waals surface area contributed by atoms with Crippen LogP contribution in [0.4, 0.5) is 5.69 Å². The Balaban J connectivity index is 1.57. The Morgan fingerprint density at radius 2 is 1.49 bits per heavy atom. The standard InChI is InChI=1S/C29H24N4O16S4/c1-12(26-30(3-2-4-53(43,44)45)13-6-15-16(47-11-46-15)7-14(13)48-26)5-17-23(40)31(8-18(34)35)28(51-17)22-25(42)32(9-19(36)37)27(52-22)21-24(41)33(10-20(38)39)29(50)49-21/h5-7H,2-4,8-11H2,1H3,(H,34,35)(H,36,37)(H,38,39)(H,43,44,45)/b17-5-,26-12+,27-21+,28-22+. The number of anilines is 1. The van der Waals surface area contributed by atoms with E-state index in [0.717, 1.165) is 4.57 Å². The van der Waals surface area contributed by atoms with Crippen molar-refractivity contribution in [2.75, 3.05) is 30.5 Å². The lowest BCUT2D eigenvalue weighted by Gasteiger charge is -2.19. The maximum absolute atomic E-state index is 13.8. The van der Waals surface area contributed by atoms with Gasteiger partial charge in [0.1, 0.15) is 33.5 Å². The highest BCUT2D eigenvalue weighted by Crippen LogP contribution is 2.48. The highest BCUT2D eigenvalue weighted by atomic mass is 32.2. The van der Waals surface area contributed by atoms with E-state index in [4.69, 9.17) is 31.2 Å². The van der Waals surface area contributed by atoms with Gasteiger partial charge in [-0.2, -0.15) is 8.42 Å². The van der Waals surface area contributed by atoms with Crippen molar-refractivity contribution in [1.82, 2.24) is 14.0 Å². The fourth-order valence-corrected chi connectivity index (χ4v) is 8.53. The summed E-state index contributed by atoms with van der Waals surface area (Å²) >= 11 is 6.14. The van der Waals surface area contributed by atoms with Gasteiger partial charge in [0.2, 0.25) is 18.4 Å². The molecule has 0 bridgehead atoms. The van der Waals surface area contributed by atoms with E-state index in [9.17, 15) is 57.1 Å². The lowest BCUT2D eigenvalue weighted by atomic mass is 10.2. The van der Waals surface area contributed by atoms with Gasteiger partial charge in [-0.05, 0) is 31.6 Å². The molecule has 3 aliphatic rings. The van der Waals surface area contributed by atoms with Crippen LogP contribution in [0.5, 0.6) is 17.2 Å². The minimum atomic E-state index is -4.31. The van der Waals surface area contributed by atoms with Crippen LogP contribution in [-0.2, 0) is 47.1 Å². The molecule has 0 radical (unpaired) electrons. The number of benzene rings is 1. The van der Waals surface area contributed by atoms with Crippen molar-refractivity contribution in [2.24, 2.45) is 0 Å². The molecule has 0 unspecified atom stereocenters. The molecule has 0 atom stereocenters. The number of fused-ring (bicyclic) bond motifs is 2. The number of aliphatic carboxylic acids is 3. The molecule has 6 rings (SSSR count). The Bertz CT molecular complexity index is 2640. The summed E-state index contributed by atoms with van der Waals surface area (Å²) in [5, 5.41) is 27.9. The highest BCUT2D eigenvalue weighted by Gasteiger charge is 2.37. The molecule has 24 heteroatoms. The Kier molecular flexibility index (Phi) is 9.90. The first-order valence-electron chi connectivity index (χ1n) is 14.9. The molecule has 1 saturated heterocycles. The summed E-state index contributed by atoms with van der Waals surface area (Å²) in [4.78, 5) is 77.7. The van der Waals surface area contributed by atoms with Crippen LogP contribution in [0.15, 0.2) is 33.2 Å². The molecule has 1 fully saturated rings. The highest BCUT2D eigenvalue weighted by molar-refractivity contribution is 7.85. The molecule has 0 spiro atoms. The summed E-state index contributed by atoms with van der Waals surface area (Å²) in [6, 6.07) is 3.16. The monoisotopic (exact) mass is 812 g/mol. The Morgan fingerprint density at radius 3 is 2.11 bits per heavy atom. The Labute approximate surface area is 307 Å². The zero-order valence-corrected chi connectivity index (χ0v) is 30.1. The maximum Gasteiger partial charge on any atom is 0.323 e. The number of amides is 1. The molecular formula is C29H24N4O16S4. The van der Waals surface area contributed by atoms with E-state index >= 15 is 0 Å². The second-order valence-corrected chi connectivity index (χ2v) is 15.2. The number of carboxylic acids is 3. The smallest absolute Gasteiger partial charge is 0.323 e. The van der Waals surface area contributed by atoms with Gasteiger partial charge < -0.3 is 39.2 Å². The third-order valence-electron chi connectivity index (χ3n) is 7.57. The van der Waals surface area contributed by atoms with Crippen LogP contribution >= 0.6 is 34.9 Å². The van der Waals surface area contributed by atoms with Crippen LogP contribution in [-0.4, -0.2) is 96.9 Å². The molecule has 53 heavy (non-hydrogen) atoms. The number of hydrogen-bond acceptors (Lipinski definition) is 16. The lowest BCUT2D eigenvalue weighted by molar-refractivity contribution is -0.140. The van der Waals surface area contributed by atoms with Gasteiger partial charge in [-0.15, -0.1) is 22.7 Å². The summed E-state index contributed by atoms with van der Waals surface area (Å²) in [5.41, 5.74) is -1.16. The average molecular weight is 813 g/mol. The van der Waals surface area contributed by atoms with E-state index in [1.807, 2.05) is 0 Å². The van der Waals surface area contributed by atoms with Crippen molar-refractivity contribution < 1.29 is 66.4 Å². The van der Waals surface area contributed by atoms with Gasteiger partial charge in [0, 0.05) is 24.3 Å².